The molecule has 0 atom stereocenters. The number of ether oxygens (including phenoxy) is 5. The van der Waals surface area contributed by atoms with Crippen molar-refractivity contribution in [3.8, 4) is 5.75 Å². The molecule has 1 aliphatic rings. The van der Waals surface area contributed by atoms with Gasteiger partial charge in [0.15, 0.2) is 0 Å². The SMILES string of the molecule is CCN(CC)c1ccc2cc(/C(N)=C/N(N)c3ccc(N4CCOCCOCCOCCOCC4)c(OC)c3)c(=O)oc2c1. The fourth-order valence-electron chi connectivity index (χ4n) is 4.93. The summed E-state index contributed by atoms with van der Waals surface area (Å²) in [5.41, 5.74) is 9.20. The van der Waals surface area contributed by atoms with Crippen molar-refractivity contribution in [1.29, 1.82) is 0 Å². The summed E-state index contributed by atoms with van der Waals surface area (Å²) >= 11 is 0. The predicted molar refractivity (Wildman–Crippen MR) is 173 cm³/mol. The summed E-state index contributed by atoms with van der Waals surface area (Å²) in [6.07, 6.45) is 1.49. The number of nitrogens with zero attached hydrogens (tertiary/aromatic N) is 3. The second-order valence-electron chi connectivity index (χ2n) is 10.1. The minimum absolute atomic E-state index is 0.173. The molecular weight excluding hydrogens is 566 g/mol. The monoisotopic (exact) mass is 611 g/mol. The Labute approximate surface area is 258 Å². The zero-order chi connectivity index (χ0) is 31.3. The highest BCUT2D eigenvalue weighted by atomic mass is 16.6. The van der Waals surface area contributed by atoms with Gasteiger partial charge in [-0.05, 0) is 44.2 Å². The Morgan fingerprint density at radius 1 is 0.864 bits per heavy atom. The van der Waals surface area contributed by atoms with Crippen LogP contribution >= 0.6 is 0 Å². The van der Waals surface area contributed by atoms with Crippen molar-refractivity contribution >= 4 is 33.7 Å². The van der Waals surface area contributed by atoms with E-state index in [4.69, 9.17) is 39.7 Å². The Balaban J connectivity index is 1.51. The molecule has 0 unspecified atom stereocenters. The fraction of sp³-hybridized carbons (Fsp3) is 0.469. The van der Waals surface area contributed by atoms with Crippen molar-refractivity contribution in [2.45, 2.75) is 13.8 Å². The molecule has 0 saturated carbocycles. The molecule has 0 amide bonds. The Kier molecular flexibility index (Phi) is 12.7. The Morgan fingerprint density at radius 2 is 1.45 bits per heavy atom. The molecule has 0 radical (unpaired) electrons. The van der Waals surface area contributed by atoms with Gasteiger partial charge >= 0.3 is 5.63 Å². The molecule has 12 nitrogen and oxygen atoms in total. The third kappa shape index (κ3) is 8.87. The van der Waals surface area contributed by atoms with Gasteiger partial charge in [-0.1, -0.05) is 0 Å². The molecule has 0 aliphatic carbocycles. The number of hydrogen-bond acceptors (Lipinski definition) is 12. The Bertz CT molecular complexity index is 1410. The summed E-state index contributed by atoms with van der Waals surface area (Å²) in [5, 5.41) is 2.12. The molecule has 1 aliphatic heterocycles. The molecule has 240 valence electrons. The lowest BCUT2D eigenvalue weighted by molar-refractivity contribution is 0.00206. The summed E-state index contributed by atoms with van der Waals surface area (Å²) in [6.45, 7) is 11.2. The van der Waals surface area contributed by atoms with Gasteiger partial charge in [-0.25, -0.2) is 10.6 Å². The minimum atomic E-state index is -0.538. The zero-order valence-electron chi connectivity index (χ0n) is 26.0. The van der Waals surface area contributed by atoms with Crippen molar-refractivity contribution < 1.29 is 28.1 Å². The van der Waals surface area contributed by atoms with Crippen molar-refractivity contribution in [3.05, 3.63) is 64.6 Å². The second-order valence-corrected chi connectivity index (χ2v) is 10.1. The van der Waals surface area contributed by atoms with E-state index in [9.17, 15) is 4.79 Å². The largest absolute Gasteiger partial charge is 0.495 e. The van der Waals surface area contributed by atoms with E-state index in [1.807, 2.05) is 36.4 Å². The van der Waals surface area contributed by atoms with Gasteiger partial charge in [0.2, 0.25) is 0 Å². The van der Waals surface area contributed by atoms with Gasteiger partial charge in [0.25, 0.3) is 0 Å². The summed E-state index contributed by atoms with van der Waals surface area (Å²) in [7, 11) is 1.61. The summed E-state index contributed by atoms with van der Waals surface area (Å²) < 4.78 is 34.0. The number of methoxy groups -OCH3 is 1. The van der Waals surface area contributed by atoms with E-state index >= 15 is 0 Å². The average Bonchev–Trinajstić information content (AvgIpc) is 3.04. The summed E-state index contributed by atoms with van der Waals surface area (Å²) in [4.78, 5) is 17.2. The summed E-state index contributed by atoms with van der Waals surface area (Å²) in [5.74, 6) is 7.01. The molecule has 12 heteroatoms. The molecule has 4 rings (SSSR count). The van der Waals surface area contributed by atoms with Gasteiger partial charge in [-0.15, -0.1) is 0 Å². The standard InChI is InChI=1S/C32H45N5O7/c1-4-35(5-2)25-7-6-24-20-27(32(38)44-30(24)21-25)28(33)23-37(34)26-8-9-29(31(22-26)39-3)36-10-12-40-14-16-42-18-19-43-17-15-41-13-11-36/h6-9,20-23H,4-5,10-19,33-34H2,1-3H3/b28-23-. The maximum Gasteiger partial charge on any atom is 0.345 e. The first kappa shape index (κ1) is 33.1. The molecule has 1 aromatic heterocycles. The van der Waals surface area contributed by atoms with Gasteiger partial charge in [-0.3, -0.25) is 5.01 Å². The number of benzene rings is 2. The van der Waals surface area contributed by atoms with Crippen LogP contribution in [0.2, 0.25) is 0 Å². The zero-order valence-corrected chi connectivity index (χ0v) is 26.0. The fourth-order valence-corrected chi connectivity index (χ4v) is 4.93. The van der Waals surface area contributed by atoms with Crippen LogP contribution in [0.15, 0.2) is 57.9 Å². The second kappa shape index (κ2) is 16.9. The van der Waals surface area contributed by atoms with Crippen LogP contribution in [0.4, 0.5) is 17.1 Å². The normalized spacial score (nSPS) is 16.3. The van der Waals surface area contributed by atoms with Crippen molar-refractivity contribution in [2.24, 2.45) is 11.6 Å². The third-order valence-corrected chi connectivity index (χ3v) is 7.37. The van der Waals surface area contributed by atoms with E-state index in [0.717, 1.165) is 29.9 Å². The molecule has 0 spiro atoms. The highest BCUT2D eigenvalue weighted by Crippen LogP contribution is 2.32. The van der Waals surface area contributed by atoms with Crippen molar-refractivity contribution in [3.63, 3.8) is 0 Å². The van der Waals surface area contributed by atoms with Crippen LogP contribution in [0.5, 0.6) is 5.75 Å². The van der Waals surface area contributed by atoms with Gasteiger partial charge in [0, 0.05) is 55.6 Å². The van der Waals surface area contributed by atoms with E-state index in [0.29, 0.717) is 83.0 Å². The van der Waals surface area contributed by atoms with Crippen LogP contribution in [0.1, 0.15) is 19.4 Å². The molecule has 1 saturated heterocycles. The van der Waals surface area contributed by atoms with E-state index in [1.54, 1.807) is 13.2 Å². The third-order valence-electron chi connectivity index (χ3n) is 7.37. The molecule has 3 aromatic rings. The maximum absolute atomic E-state index is 12.9. The number of fused-ring (bicyclic) bond motifs is 1. The Hall–Kier alpha value is -3.81. The van der Waals surface area contributed by atoms with E-state index < -0.39 is 5.63 Å². The van der Waals surface area contributed by atoms with E-state index in [1.165, 1.54) is 11.2 Å². The first-order valence-corrected chi connectivity index (χ1v) is 15.0. The van der Waals surface area contributed by atoms with E-state index in [2.05, 4.69) is 23.6 Å². The smallest absolute Gasteiger partial charge is 0.345 e. The van der Waals surface area contributed by atoms with Gasteiger partial charge in [0.05, 0.1) is 82.6 Å². The lowest BCUT2D eigenvalue weighted by Gasteiger charge is -2.27. The van der Waals surface area contributed by atoms with Gasteiger partial charge < -0.3 is 43.6 Å². The van der Waals surface area contributed by atoms with Crippen molar-refractivity contribution in [2.75, 3.05) is 101 Å². The maximum atomic E-state index is 12.9. The average molecular weight is 612 g/mol. The van der Waals surface area contributed by atoms with Crippen LogP contribution in [-0.4, -0.2) is 86.1 Å². The molecule has 4 N–H and O–H groups in total. The number of hydrogen-bond donors (Lipinski definition) is 2. The van der Waals surface area contributed by atoms with E-state index in [-0.39, 0.29) is 11.3 Å². The number of nitrogens with two attached hydrogens (primary N) is 2. The first-order valence-electron chi connectivity index (χ1n) is 15.0. The molecule has 44 heavy (non-hydrogen) atoms. The van der Waals surface area contributed by atoms with Crippen LogP contribution in [-0.2, 0) is 18.9 Å². The van der Waals surface area contributed by atoms with Crippen LogP contribution in [0.25, 0.3) is 16.7 Å². The quantitative estimate of drug-likeness (QED) is 0.220. The predicted octanol–water partition coefficient (Wildman–Crippen LogP) is 3.17. The molecule has 1 fully saturated rings. The summed E-state index contributed by atoms with van der Waals surface area (Å²) in [6, 6.07) is 13.1. The highest BCUT2D eigenvalue weighted by Gasteiger charge is 2.16. The first-order chi connectivity index (χ1) is 21.4. The molecule has 2 aromatic carbocycles. The lowest BCUT2D eigenvalue weighted by atomic mass is 10.1. The Morgan fingerprint density at radius 3 is 2.05 bits per heavy atom. The number of hydrazine groups is 1. The molecular formula is C32H45N5O7. The number of rotatable bonds is 8. The highest BCUT2D eigenvalue weighted by molar-refractivity contribution is 5.83. The molecule has 0 bridgehead atoms. The topological polar surface area (TPSA) is 138 Å². The van der Waals surface area contributed by atoms with Crippen LogP contribution in [0.3, 0.4) is 0 Å². The van der Waals surface area contributed by atoms with Gasteiger partial charge in [0.1, 0.15) is 11.3 Å². The number of anilines is 3. The lowest BCUT2D eigenvalue weighted by Crippen LogP contribution is -2.32. The van der Waals surface area contributed by atoms with Crippen LogP contribution < -0.4 is 36.7 Å². The van der Waals surface area contributed by atoms with Gasteiger partial charge in [-0.2, -0.15) is 0 Å². The van der Waals surface area contributed by atoms with Crippen LogP contribution in [0, 0.1) is 0 Å². The minimum Gasteiger partial charge on any atom is -0.495 e. The molecule has 2 heterocycles. The van der Waals surface area contributed by atoms with Crippen molar-refractivity contribution in [1.82, 2.24) is 0 Å².